The first-order valence-electron chi connectivity index (χ1n) is 6.88. The van der Waals surface area contributed by atoms with Crippen LogP contribution in [-0.4, -0.2) is 27.6 Å². The van der Waals surface area contributed by atoms with Crippen LogP contribution >= 0.6 is 11.8 Å². The van der Waals surface area contributed by atoms with Gasteiger partial charge in [-0.05, 0) is 30.5 Å². The number of methoxy groups -OCH3 is 1. The van der Waals surface area contributed by atoms with E-state index in [2.05, 4.69) is 10.2 Å². The molecule has 0 aliphatic heterocycles. The summed E-state index contributed by atoms with van der Waals surface area (Å²) in [4.78, 5) is 11.7. The van der Waals surface area contributed by atoms with Crippen molar-refractivity contribution in [1.82, 2.24) is 14.8 Å². The lowest BCUT2D eigenvalue weighted by molar-refractivity contribution is 0.414. The van der Waals surface area contributed by atoms with Gasteiger partial charge in [-0.25, -0.2) is 9.89 Å². The maximum Gasteiger partial charge on any atom is 0.344 e. The van der Waals surface area contributed by atoms with E-state index in [4.69, 9.17) is 10.5 Å². The number of benzene rings is 1. The summed E-state index contributed by atoms with van der Waals surface area (Å²) in [5, 5.41) is 7.32. The lowest BCUT2D eigenvalue weighted by atomic mass is 10.1. The smallest absolute Gasteiger partial charge is 0.344 e. The molecule has 7 heteroatoms. The third kappa shape index (κ3) is 3.14. The Kier molecular flexibility index (Phi) is 4.03. The quantitative estimate of drug-likeness (QED) is 0.793. The van der Waals surface area contributed by atoms with Crippen LogP contribution in [0.3, 0.4) is 0 Å². The van der Waals surface area contributed by atoms with Gasteiger partial charge in [0.1, 0.15) is 5.75 Å². The van der Waals surface area contributed by atoms with E-state index in [1.54, 1.807) is 11.7 Å². The number of rotatable bonds is 6. The molecule has 1 aliphatic carbocycles. The minimum Gasteiger partial charge on any atom is -0.497 e. The van der Waals surface area contributed by atoms with Crippen molar-refractivity contribution in [1.29, 1.82) is 0 Å². The van der Waals surface area contributed by atoms with Crippen molar-refractivity contribution < 1.29 is 4.74 Å². The van der Waals surface area contributed by atoms with E-state index in [1.807, 2.05) is 24.3 Å². The molecule has 1 heterocycles. The average molecular weight is 306 g/mol. The summed E-state index contributed by atoms with van der Waals surface area (Å²) in [6, 6.07) is 7.90. The Morgan fingerprint density at radius 2 is 2.38 bits per heavy atom. The minimum absolute atomic E-state index is 0.130. The number of nitrogens with zero attached hydrogens (tertiary/aromatic N) is 2. The Morgan fingerprint density at radius 1 is 1.57 bits per heavy atom. The molecule has 3 rings (SSSR count). The van der Waals surface area contributed by atoms with Gasteiger partial charge in [0.2, 0.25) is 0 Å². The Morgan fingerprint density at radius 3 is 3.10 bits per heavy atom. The molecule has 0 spiro atoms. The first kappa shape index (κ1) is 14.2. The summed E-state index contributed by atoms with van der Waals surface area (Å²) in [6.45, 7) is 0. The van der Waals surface area contributed by atoms with Crippen LogP contribution < -0.4 is 16.2 Å². The molecule has 1 unspecified atom stereocenters. The molecule has 1 aromatic heterocycles. The molecule has 6 nitrogen and oxygen atoms in total. The van der Waals surface area contributed by atoms with E-state index in [0.29, 0.717) is 11.8 Å². The highest BCUT2D eigenvalue weighted by atomic mass is 32.2. The zero-order chi connectivity index (χ0) is 14.8. The second-order valence-corrected chi connectivity index (χ2v) is 6.09. The van der Waals surface area contributed by atoms with Crippen LogP contribution in [0.1, 0.15) is 30.5 Å². The van der Waals surface area contributed by atoms with E-state index >= 15 is 0 Å². The fourth-order valence-corrected chi connectivity index (χ4v) is 3.18. The summed E-state index contributed by atoms with van der Waals surface area (Å²) in [6.07, 6.45) is 2.10. The van der Waals surface area contributed by atoms with E-state index in [-0.39, 0.29) is 11.7 Å². The Labute approximate surface area is 126 Å². The number of nitrogens with two attached hydrogens (primary N) is 1. The van der Waals surface area contributed by atoms with E-state index < -0.39 is 0 Å². The van der Waals surface area contributed by atoms with Gasteiger partial charge in [0, 0.05) is 17.8 Å². The average Bonchev–Trinajstić information content (AvgIpc) is 3.28. The van der Waals surface area contributed by atoms with E-state index in [9.17, 15) is 4.79 Å². The van der Waals surface area contributed by atoms with Gasteiger partial charge in [-0.3, -0.25) is 4.57 Å². The number of thioether (sulfide) groups is 1. The number of hydrogen-bond donors (Lipinski definition) is 2. The summed E-state index contributed by atoms with van der Waals surface area (Å²) < 4.78 is 6.94. The fraction of sp³-hybridized carbons (Fsp3) is 0.429. The highest BCUT2D eigenvalue weighted by Crippen LogP contribution is 2.36. The minimum atomic E-state index is -0.135. The largest absolute Gasteiger partial charge is 0.497 e. The maximum absolute atomic E-state index is 11.7. The van der Waals surface area contributed by atoms with Gasteiger partial charge >= 0.3 is 5.69 Å². The molecule has 1 saturated carbocycles. The molecule has 0 saturated heterocycles. The second kappa shape index (κ2) is 5.95. The van der Waals surface area contributed by atoms with Crippen LogP contribution in [0, 0.1) is 0 Å². The predicted molar refractivity (Wildman–Crippen MR) is 81.8 cm³/mol. The number of H-pyrrole nitrogens is 1. The van der Waals surface area contributed by atoms with Crippen molar-refractivity contribution in [3.63, 3.8) is 0 Å². The molecule has 0 radical (unpaired) electrons. The first-order valence-corrected chi connectivity index (χ1v) is 7.87. The van der Waals surface area contributed by atoms with Gasteiger partial charge in [-0.2, -0.15) is 0 Å². The molecule has 1 aliphatic rings. The van der Waals surface area contributed by atoms with Crippen LogP contribution in [0.25, 0.3) is 0 Å². The van der Waals surface area contributed by atoms with E-state index in [1.165, 1.54) is 11.8 Å². The van der Waals surface area contributed by atoms with Crippen LogP contribution in [0.4, 0.5) is 0 Å². The fourth-order valence-electron chi connectivity index (χ4n) is 2.18. The monoisotopic (exact) mass is 306 g/mol. The summed E-state index contributed by atoms with van der Waals surface area (Å²) in [5.74, 6) is 1.45. The Bertz CT molecular complexity index is 678. The molecule has 112 valence electrons. The Hall–Kier alpha value is -1.73. The zero-order valence-electron chi connectivity index (χ0n) is 11.8. The topological polar surface area (TPSA) is 85.9 Å². The number of hydrogen-bond acceptors (Lipinski definition) is 5. The lowest BCUT2D eigenvalue weighted by Crippen LogP contribution is -2.17. The molecule has 1 aromatic carbocycles. The third-order valence-corrected chi connectivity index (χ3v) is 4.57. The molecule has 3 N–H and O–H groups in total. The first-order chi connectivity index (χ1) is 10.2. The molecule has 1 fully saturated rings. The molecule has 0 bridgehead atoms. The SMILES string of the molecule is COc1cccc(C(N)CSc2n[nH]c(=O)n2C2CC2)c1. The number of ether oxygens (including phenoxy) is 1. The van der Waals surface area contributed by atoms with Gasteiger partial charge in [0.15, 0.2) is 5.16 Å². The van der Waals surface area contributed by atoms with Gasteiger partial charge in [-0.15, -0.1) is 5.10 Å². The van der Waals surface area contributed by atoms with Gasteiger partial charge < -0.3 is 10.5 Å². The van der Waals surface area contributed by atoms with Crippen molar-refractivity contribution in [2.45, 2.75) is 30.1 Å². The molecule has 0 amide bonds. The molecule has 2 aromatic rings. The van der Waals surface area contributed by atoms with Crippen molar-refractivity contribution in [2.75, 3.05) is 12.9 Å². The molecule has 1 atom stereocenters. The third-order valence-electron chi connectivity index (χ3n) is 3.50. The molecular formula is C14H18N4O2S. The van der Waals surface area contributed by atoms with E-state index in [0.717, 1.165) is 29.3 Å². The van der Waals surface area contributed by atoms with Gasteiger partial charge in [0.25, 0.3) is 0 Å². The van der Waals surface area contributed by atoms with Crippen molar-refractivity contribution >= 4 is 11.8 Å². The Balaban J connectivity index is 1.68. The summed E-state index contributed by atoms with van der Waals surface area (Å²) >= 11 is 1.51. The predicted octanol–water partition coefficient (Wildman–Crippen LogP) is 1.71. The normalized spacial score (nSPS) is 15.9. The van der Waals surface area contributed by atoms with Crippen molar-refractivity contribution in [3.8, 4) is 5.75 Å². The lowest BCUT2D eigenvalue weighted by Gasteiger charge is -2.12. The number of aromatic amines is 1. The number of aromatic nitrogens is 3. The second-order valence-electron chi connectivity index (χ2n) is 5.11. The van der Waals surface area contributed by atoms with Crippen LogP contribution in [0.2, 0.25) is 0 Å². The van der Waals surface area contributed by atoms with Crippen LogP contribution in [0.15, 0.2) is 34.2 Å². The molecular weight excluding hydrogens is 288 g/mol. The van der Waals surface area contributed by atoms with Crippen LogP contribution in [-0.2, 0) is 0 Å². The standard InChI is InChI=1S/C14H18N4O2S/c1-20-11-4-2-3-9(7-11)12(15)8-21-14-17-16-13(19)18(14)10-5-6-10/h2-4,7,10,12H,5-6,8,15H2,1H3,(H,16,19). The van der Waals surface area contributed by atoms with Gasteiger partial charge in [-0.1, -0.05) is 23.9 Å². The molecule has 21 heavy (non-hydrogen) atoms. The highest BCUT2D eigenvalue weighted by molar-refractivity contribution is 7.99. The highest BCUT2D eigenvalue weighted by Gasteiger charge is 2.28. The number of nitrogens with one attached hydrogen (secondary N) is 1. The summed E-state index contributed by atoms with van der Waals surface area (Å²) in [7, 11) is 1.64. The van der Waals surface area contributed by atoms with Crippen LogP contribution in [0.5, 0.6) is 5.75 Å². The summed E-state index contributed by atoms with van der Waals surface area (Å²) in [5.41, 5.74) is 7.10. The zero-order valence-corrected chi connectivity index (χ0v) is 12.6. The van der Waals surface area contributed by atoms with Gasteiger partial charge in [0.05, 0.1) is 7.11 Å². The van der Waals surface area contributed by atoms with Crippen molar-refractivity contribution in [2.24, 2.45) is 5.73 Å². The van der Waals surface area contributed by atoms with Crippen molar-refractivity contribution in [3.05, 3.63) is 40.3 Å². The maximum atomic E-state index is 11.7.